The van der Waals surface area contributed by atoms with Gasteiger partial charge in [0.1, 0.15) is 0 Å². The van der Waals surface area contributed by atoms with Gasteiger partial charge >= 0.3 is 121 Å². The maximum atomic E-state index is 2.65. The van der Waals surface area contributed by atoms with Crippen LogP contribution in [0.1, 0.15) is 71.1 Å². The molecular formula is C16H29BSe. The van der Waals surface area contributed by atoms with Crippen LogP contribution in [-0.2, 0) is 0 Å². The third-order valence-electron chi connectivity index (χ3n) is 4.90. The molecule has 2 aliphatic rings. The van der Waals surface area contributed by atoms with Crippen LogP contribution in [0.25, 0.3) is 0 Å². The quantitative estimate of drug-likeness (QED) is 0.439. The SMILES string of the molecule is CCCCCC[Se]/C=C/B1C2CCCC1CCC2. The minimum atomic E-state index is 0.791. The van der Waals surface area contributed by atoms with Crippen LogP contribution < -0.4 is 0 Å². The average Bonchev–Trinajstić information content (AvgIpc) is 2.37. The van der Waals surface area contributed by atoms with Gasteiger partial charge in [0.05, 0.1) is 0 Å². The molecule has 2 saturated heterocycles. The summed E-state index contributed by atoms with van der Waals surface area (Å²) in [5.74, 6) is 4.77. The number of hydrogen-bond acceptors (Lipinski definition) is 0. The van der Waals surface area contributed by atoms with Crippen molar-refractivity contribution < 1.29 is 0 Å². The molecule has 18 heavy (non-hydrogen) atoms. The second kappa shape index (κ2) is 8.49. The van der Waals surface area contributed by atoms with Gasteiger partial charge in [-0.2, -0.15) is 0 Å². The average molecular weight is 311 g/mol. The topological polar surface area (TPSA) is 0 Å². The molecule has 2 heteroatoms. The second-order valence-corrected chi connectivity index (χ2v) is 8.35. The van der Waals surface area contributed by atoms with E-state index >= 15 is 0 Å². The van der Waals surface area contributed by atoms with Gasteiger partial charge in [0.15, 0.2) is 0 Å². The van der Waals surface area contributed by atoms with Crippen LogP contribution in [0.3, 0.4) is 0 Å². The number of hydrogen-bond donors (Lipinski definition) is 0. The molecular weight excluding hydrogens is 282 g/mol. The normalized spacial score (nSPS) is 27.9. The van der Waals surface area contributed by atoms with Crippen LogP contribution in [0.2, 0.25) is 17.0 Å². The van der Waals surface area contributed by atoms with E-state index in [1.807, 2.05) is 0 Å². The zero-order chi connectivity index (χ0) is 12.6. The van der Waals surface area contributed by atoms with Crippen molar-refractivity contribution in [3.05, 3.63) is 10.9 Å². The predicted molar refractivity (Wildman–Crippen MR) is 84.8 cm³/mol. The summed E-state index contributed by atoms with van der Waals surface area (Å²) in [6, 6.07) is 0. The predicted octanol–water partition coefficient (Wildman–Crippen LogP) is 5.35. The number of rotatable bonds is 7. The summed E-state index contributed by atoms with van der Waals surface area (Å²) in [7, 11) is 0. The molecule has 0 radical (unpaired) electrons. The molecule has 0 aromatic carbocycles. The number of unbranched alkanes of at least 4 members (excludes halogenated alkanes) is 3. The van der Waals surface area contributed by atoms with Gasteiger partial charge in [-0.3, -0.25) is 0 Å². The Hall–Kier alpha value is 0.324. The second-order valence-electron chi connectivity index (χ2n) is 6.22. The minimum absolute atomic E-state index is 0.791. The van der Waals surface area contributed by atoms with E-state index in [1.165, 1.54) is 69.5 Å². The molecule has 2 fully saturated rings. The molecule has 102 valence electrons. The Balaban J connectivity index is 1.65. The molecule has 0 unspecified atom stereocenters. The Bertz CT molecular complexity index is 229. The molecule has 0 spiro atoms. The van der Waals surface area contributed by atoms with E-state index in [9.17, 15) is 0 Å². The first kappa shape index (κ1) is 14.7. The molecule has 0 amide bonds. The summed E-state index contributed by atoms with van der Waals surface area (Å²) in [5.41, 5.74) is 0. The van der Waals surface area contributed by atoms with E-state index in [-0.39, 0.29) is 0 Å². The molecule has 0 N–H and O–H groups in total. The molecule has 0 saturated carbocycles. The summed E-state index contributed by atoms with van der Waals surface area (Å²) in [5, 5.41) is 1.48. The summed E-state index contributed by atoms with van der Waals surface area (Å²) >= 11 is 0.791. The first-order valence-electron chi connectivity index (χ1n) is 8.20. The summed E-state index contributed by atoms with van der Waals surface area (Å²) in [4.78, 5) is 2.58. The fourth-order valence-corrected chi connectivity index (χ4v) is 5.55. The van der Waals surface area contributed by atoms with E-state index < -0.39 is 0 Å². The van der Waals surface area contributed by atoms with Crippen molar-refractivity contribution in [3.8, 4) is 0 Å². The van der Waals surface area contributed by atoms with Crippen LogP contribution in [0, 0.1) is 0 Å². The molecule has 0 atom stereocenters. The van der Waals surface area contributed by atoms with Crippen molar-refractivity contribution in [2.75, 3.05) is 0 Å². The van der Waals surface area contributed by atoms with Gasteiger partial charge in [0, 0.05) is 0 Å². The first-order valence-corrected chi connectivity index (χ1v) is 10.4. The zero-order valence-electron chi connectivity index (χ0n) is 12.1. The molecule has 0 aromatic heterocycles. The first-order chi connectivity index (χ1) is 8.92. The Kier molecular flexibility index (Phi) is 6.94. The Morgan fingerprint density at radius 1 is 1.00 bits per heavy atom. The van der Waals surface area contributed by atoms with Crippen LogP contribution in [0.5, 0.6) is 0 Å². The molecule has 2 heterocycles. The van der Waals surface area contributed by atoms with E-state index in [1.54, 1.807) is 0 Å². The Labute approximate surface area is 121 Å². The van der Waals surface area contributed by atoms with E-state index in [0.29, 0.717) is 0 Å². The van der Waals surface area contributed by atoms with Crippen molar-refractivity contribution >= 4 is 21.7 Å². The monoisotopic (exact) mass is 312 g/mol. The molecule has 0 nitrogen and oxygen atoms in total. The van der Waals surface area contributed by atoms with Crippen LogP contribution in [0.4, 0.5) is 0 Å². The molecule has 2 bridgehead atoms. The van der Waals surface area contributed by atoms with Gasteiger partial charge in [-0.1, -0.05) is 0 Å². The van der Waals surface area contributed by atoms with Gasteiger partial charge < -0.3 is 0 Å². The van der Waals surface area contributed by atoms with Gasteiger partial charge in [-0.05, 0) is 0 Å². The summed E-state index contributed by atoms with van der Waals surface area (Å²) in [6.07, 6.45) is 14.9. The molecule has 0 aromatic rings. The van der Waals surface area contributed by atoms with Crippen LogP contribution in [0.15, 0.2) is 10.9 Å². The standard InChI is InChI=1S/C16H29BSe/c1-2-3-4-5-13-18-14-12-17-15-8-6-9-16(17)11-7-10-15/h12,14-16H,2-11,13H2,1H3/b14-12+. The third kappa shape index (κ3) is 4.46. The molecule has 2 aliphatic heterocycles. The third-order valence-corrected chi connectivity index (χ3v) is 6.73. The number of fused-ring (bicyclic) bond motifs is 2. The van der Waals surface area contributed by atoms with Gasteiger partial charge in [-0.15, -0.1) is 0 Å². The molecule has 0 aliphatic carbocycles. The fraction of sp³-hybridized carbons (Fsp3) is 0.875. The van der Waals surface area contributed by atoms with Crippen molar-refractivity contribution in [1.29, 1.82) is 0 Å². The Morgan fingerprint density at radius 3 is 2.28 bits per heavy atom. The van der Waals surface area contributed by atoms with Crippen LogP contribution in [-0.4, -0.2) is 21.7 Å². The van der Waals surface area contributed by atoms with Crippen molar-refractivity contribution in [2.24, 2.45) is 0 Å². The van der Waals surface area contributed by atoms with E-state index in [4.69, 9.17) is 0 Å². The van der Waals surface area contributed by atoms with Gasteiger partial charge in [-0.25, -0.2) is 0 Å². The van der Waals surface area contributed by atoms with E-state index in [2.05, 4.69) is 17.9 Å². The Morgan fingerprint density at radius 2 is 1.67 bits per heavy atom. The van der Waals surface area contributed by atoms with Crippen molar-refractivity contribution in [2.45, 2.75) is 88.1 Å². The van der Waals surface area contributed by atoms with Gasteiger partial charge in [0.25, 0.3) is 0 Å². The fourth-order valence-electron chi connectivity index (χ4n) is 3.87. The van der Waals surface area contributed by atoms with E-state index in [0.717, 1.165) is 33.3 Å². The van der Waals surface area contributed by atoms with Crippen molar-refractivity contribution in [3.63, 3.8) is 0 Å². The van der Waals surface area contributed by atoms with Gasteiger partial charge in [0.2, 0.25) is 0 Å². The maximum absolute atomic E-state index is 2.65. The van der Waals surface area contributed by atoms with Crippen LogP contribution >= 0.6 is 0 Å². The summed E-state index contributed by atoms with van der Waals surface area (Å²) < 4.78 is 0. The van der Waals surface area contributed by atoms with Crippen molar-refractivity contribution in [1.82, 2.24) is 0 Å². The zero-order valence-corrected chi connectivity index (χ0v) is 13.8. The molecule has 2 rings (SSSR count). The summed E-state index contributed by atoms with van der Waals surface area (Å²) in [6.45, 7) is 3.28.